The lowest BCUT2D eigenvalue weighted by molar-refractivity contribution is 0.0512. The molecule has 0 radical (unpaired) electrons. The monoisotopic (exact) mass is 339 g/mol. The summed E-state index contributed by atoms with van der Waals surface area (Å²) >= 11 is 3.34. The molecule has 0 spiro atoms. The van der Waals surface area contributed by atoms with Crippen molar-refractivity contribution in [3.63, 3.8) is 0 Å². The second-order valence-electron chi connectivity index (χ2n) is 4.00. The maximum absolute atomic E-state index is 11.6. The van der Waals surface area contributed by atoms with E-state index < -0.39 is 5.97 Å². The summed E-state index contributed by atoms with van der Waals surface area (Å²) in [4.78, 5) is 19.7. The van der Waals surface area contributed by atoms with Gasteiger partial charge in [0.15, 0.2) is 0 Å². The largest absolute Gasteiger partial charge is 0.460 e. The second kappa shape index (κ2) is 6.00. The second-order valence-corrected chi connectivity index (χ2v) is 4.86. The number of esters is 1. The number of hydrogen-bond donors (Lipinski definition) is 1. The standard InChI is InChI=1S/C12H14BrN5O2/c1-4-20-12(19)11-14-5-8(13)10(17-11)16-9-6-15-18(3)7(9)2/h5-6H,4H2,1-3H3,(H,14,16,17). The summed E-state index contributed by atoms with van der Waals surface area (Å²) in [5.74, 6) is -0.0517. The van der Waals surface area contributed by atoms with Gasteiger partial charge in [0.2, 0.25) is 5.82 Å². The van der Waals surface area contributed by atoms with Crippen LogP contribution in [0.5, 0.6) is 0 Å². The molecule has 8 heteroatoms. The third-order valence-electron chi connectivity index (χ3n) is 2.69. The molecule has 0 aliphatic carbocycles. The SMILES string of the molecule is CCOC(=O)c1ncc(Br)c(Nc2cnn(C)c2C)n1. The van der Waals surface area contributed by atoms with Crippen LogP contribution in [0.4, 0.5) is 11.5 Å². The number of carbonyl (C=O) groups is 1. The van der Waals surface area contributed by atoms with E-state index in [2.05, 4.69) is 36.3 Å². The predicted octanol–water partition coefficient (Wildman–Crippen LogP) is 2.20. The van der Waals surface area contributed by atoms with E-state index in [9.17, 15) is 4.79 Å². The maximum Gasteiger partial charge on any atom is 0.376 e. The molecule has 2 aromatic rings. The number of carbonyl (C=O) groups excluding carboxylic acids is 1. The lowest BCUT2D eigenvalue weighted by atomic mass is 10.4. The van der Waals surface area contributed by atoms with Gasteiger partial charge in [-0.05, 0) is 29.8 Å². The van der Waals surface area contributed by atoms with Crippen molar-refractivity contribution in [3.8, 4) is 0 Å². The van der Waals surface area contributed by atoms with E-state index in [1.54, 1.807) is 17.8 Å². The fourth-order valence-corrected chi connectivity index (χ4v) is 1.79. The highest BCUT2D eigenvalue weighted by Gasteiger charge is 2.14. The Balaban J connectivity index is 2.29. The first-order valence-corrected chi connectivity index (χ1v) is 6.77. The van der Waals surface area contributed by atoms with Crippen LogP contribution in [0.3, 0.4) is 0 Å². The van der Waals surface area contributed by atoms with E-state index in [-0.39, 0.29) is 12.4 Å². The van der Waals surface area contributed by atoms with Gasteiger partial charge in [0.1, 0.15) is 5.82 Å². The Hall–Kier alpha value is -1.96. The number of halogens is 1. The average Bonchev–Trinajstić information content (AvgIpc) is 2.73. The van der Waals surface area contributed by atoms with E-state index in [0.717, 1.165) is 11.4 Å². The average molecular weight is 340 g/mol. The lowest BCUT2D eigenvalue weighted by Gasteiger charge is -2.08. The highest BCUT2D eigenvalue weighted by molar-refractivity contribution is 9.10. The Kier molecular flexibility index (Phi) is 4.33. The van der Waals surface area contributed by atoms with Crippen LogP contribution < -0.4 is 5.32 Å². The van der Waals surface area contributed by atoms with Crippen LogP contribution in [0.2, 0.25) is 0 Å². The van der Waals surface area contributed by atoms with Gasteiger partial charge in [0, 0.05) is 13.2 Å². The first-order valence-electron chi connectivity index (χ1n) is 5.98. The molecular formula is C12H14BrN5O2. The predicted molar refractivity (Wildman–Crippen MR) is 76.9 cm³/mol. The molecule has 0 atom stereocenters. The number of ether oxygens (including phenoxy) is 1. The molecule has 0 aromatic carbocycles. The van der Waals surface area contributed by atoms with Gasteiger partial charge in [-0.1, -0.05) is 0 Å². The van der Waals surface area contributed by atoms with Crippen molar-refractivity contribution in [2.75, 3.05) is 11.9 Å². The van der Waals surface area contributed by atoms with Crippen molar-refractivity contribution in [1.29, 1.82) is 0 Å². The normalized spacial score (nSPS) is 10.4. The number of aromatic nitrogens is 4. The number of nitrogens with one attached hydrogen (secondary N) is 1. The van der Waals surface area contributed by atoms with Crippen molar-refractivity contribution in [2.24, 2.45) is 7.05 Å². The number of rotatable bonds is 4. The van der Waals surface area contributed by atoms with E-state index in [0.29, 0.717) is 10.3 Å². The molecule has 20 heavy (non-hydrogen) atoms. The molecule has 2 heterocycles. The summed E-state index contributed by atoms with van der Waals surface area (Å²) in [6.07, 6.45) is 3.20. The fourth-order valence-electron chi connectivity index (χ4n) is 1.50. The Morgan fingerprint density at radius 3 is 2.85 bits per heavy atom. The number of aryl methyl sites for hydroxylation is 1. The zero-order valence-electron chi connectivity index (χ0n) is 11.3. The fraction of sp³-hybridized carbons (Fsp3) is 0.333. The summed E-state index contributed by atoms with van der Waals surface area (Å²) in [6, 6.07) is 0. The summed E-state index contributed by atoms with van der Waals surface area (Å²) in [7, 11) is 1.85. The molecule has 0 amide bonds. The topological polar surface area (TPSA) is 81.9 Å². The quantitative estimate of drug-likeness (QED) is 0.860. The third kappa shape index (κ3) is 2.96. The van der Waals surface area contributed by atoms with Gasteiger partial charge in [-0.3, -0.25) is 4.68 Å². The van der Waals surface area contributed by atoms with Gasteiger partial charge in [0.25, 0.3) is 0 Å². The van der Waals surface area contributed by atoms with Crippen molar-refractivity contribution >= 4 is 33.4 Å². The minimum absolute atomic E-state index is 0.0130. The first kappa shape index (κ1) is 14.4. The molecule has 0 fully saturated rings. The molecular weight excluding hydrogens is 326 g/mol. The van der Waals surface area contributed by atoms with Gasteiger partial charge >= 0.3 is 5.97 Å². The Morgan fingerprint density at radius 2 is 2.25 bits per heavy atom. The van der Waals surface area contributed by atoms with Gasteiger partial charge in [-0.2, -0.15) is 5.10 Å². The summed E-state index contributed by atoms with van der Waals surface area (Å²) in [6.45, 7) is 3.94. The highest BCUT2D eigenvalue weighted by atomic mass is 79.9. The van der Waals surface area contributed by atoms with Crippen LogP contribution >= 0.6 is 15.9 Å². The van der Waals surface area contributed by atoms with E-state index >= 15 is 0 Å². The van der Waals surface area contributed by atoms with E-state index in [1.165, 1.54) is 6.20 Å². The molecule has 0 aliphatic heterocycles. The molecule has 2 rings (SSSR count). The van der Waals surface area contributed by atoms with Crippen LogP contribution in [-0.2, 0) is 11.8 Å². The van der Waals surface area contributed by atoms with Gasteiger partial charge in [-0.25, -0.2) is 14.8 Å². The third-order valence-corrected chi connectivity index (χ3v) is 3.27. The van der Waals surface area contributed by atoms with Crippen LogP contribution in [0.25, 0.3) is 0 Å². The van der Waals surface area contributed by atoms with Crippen LogP contribution in [0.1, 0.15) is 23.2 Å². The Labute approximate surface area is 124 Å². The number of nitrogens with zero attached hydrogens (tertiary/aromatic N) is 4. The summed E-state index contributed by atoms with van der Waals surface area (Å²) in [5.41, 5.74) is 1.76. The lowest BCUT2D eigenvalue weighted by Crippen LogP contribution is -2.11. The Bertz CT molecular complexity index is 641. The van der Waals surface area contributed by atoms with Crippen molar-refractivity contribution < 1.29 is 9.53 Å². The number of hydrogen-bond acceptors (Lipinski definition) is 6. The van der Waals surface area contributed by atoms with Gasteiger partial charge in [0.05, 0.1) is 28.7 Å². The first-order chi connectivity index (χ1) is 9.52. The Morgan fingerprint density at radius 1 is 1.50 bits per heavy atom. The number of anilines is 2. The minimum Gasteiger partial charge on any atom is -0.460 e. The van der Waals surface area contributed by atoms with Crippen molar-refractivity contribution in [3.05, 3.63) is 28.4 Å². The molecule has 0 aliphatic rings. The molecule has 0 saturated heterocycles. The smallest absolute Gasteiger partial charge is 0.376 e. The van der Waals surface area contributed by atoms with E-state index in [1.807, 2.05) is 14.0 Å². The highest BCUT2D eigenvalue weighted by Crippen LogP contribution is 2.24. The molecule has 0 bridgehead atoms. The van der Waals surface area contributed by atoms with Crippen LogP contribution in [0, 0.1) is 6.92 Å². The van der Waals surface area contributed by atoms with Crippen LogP contribution in [-0.4, -0.2) is 32.3 Å². The van der Waals surface area contributed by atoms with Crippen molar-refractivity contribution in [1.82, 2.24) is 19.7 Å². The summed E-state index contributed by atoms with van der Waals surface area (Å²) < 4.78 is 7.26. The molecule has 1 N–H and O–H groups in total. The molecule has 0 saturated carbocycles. The van der Waals surface area contributed by atoms with Gasteiger partial charge in [-0.15, -0.1) is 0 Å². The zero-order valence-corrected chi connectivity index (χ0v) is 12.9. The molecule has 0 unspecified atom stereocenters. The maximum atomic E-state index is 11.6. The summed E-state index contributed by atoms with van der Waals surface area (Å²) in [5, 5.41) is 7.24. The van der Waals surface area contributed by atoms with Crippen LogP contribution in [0.15, 0.2) is 16.9 Å². The van der Waals surface area contributed by atoms with E-state index in [4.69, 9.17) is 4.74 Å². The molecule has 7 nitrogen and oxygen atoms in total. The zero-order chi connectivity index (χ0) is 14.7. The van der Waals surface area contributed by atoms with Crippen molar-refractivity contribution in [2.45, 2.75) is 13.8 Å². The minimum atomic E-state index is -0.550. The molecule has 106 valence electrons. The molecule has 2 aromatic heterocycles. The van der Waals surface area contributed by atoms with Gasteiger partial charge < -0.3 is 10.1 Å².